The van der Waals surface area contributed by atoms with E-state index < -0.39 is 0 Å². The van der Waals surface area contributed by atoms with Crippen LogP contribution >= 0.6 is 0 Å². The molecule has 0 amide bonds. The Labute approximate surface area is 155 Å². The highest BCUT2D eigenvalue weighted by atomic mass is 16.5. The van der Waals surface area contributed by atoms with Crippen LogP contribution in [0.5, 0.6) is 17.2 Å². The Morgan fingerprint density at radius 1 is 0.885 bits per heavy atom. The molecule has 0 radical (unpaired) electrons. The number of ether oxygens (including phenoxy) is 3. The molecule has 5 nitrogen and oxygen atoms in total. The van der Waals surface area contributed by atoms with Gasteiger partial charge < -0.3 is 19.5 Å². The monoisotopic (exact) mass is 356 g/mol. The molecule has 140 valence electrons. The SMILES string of the molecule is COc1cc(OC)c(C(c2cccc(C)c2)N2CCNCC2)cc1OC. The average Bonchev–Trinajstić information content (AvgIpc) is 2.68. The standard InChI is InChI=1S/C21H28N2O3/c1-15-6-5-7-16(12-15)21(23-10-8-22-9-11-23)17-13-19(25-3)20(26-4)14-18(17)24-2/h5-7,12-14,21-22H,8-11H2,1-4H3. The number of hydrogen-bond acceptors (Lipinski definition) is 5. The third kappa shape index (κ3) is 3.79. The van der Waals surface area contributed by atoms with Crippen molar-refractivity contribution >= 4 is 0 Å². The van der Waals surface area contributed by atoms with Crippen molar-refractivity contribution in [3.8, 4) is 17.2 Å². The Morgan fingerprint density at radius 2 is 1.54 bits per heavy atom. The Hall–Kier alpha value is -2.24. The topological polar surface area (TPSA) is 43.0 Å². The zero-order valence-electron chi connectivity index (χ0n) is 16.0. The number of methoxy groups -OCH3 is 3. The summed E-state index contributed by atoms with van der Waals surface area (Å²) < 4.78 is 16.8. The first kappa shape index (κ1) is 18.5. The molecule has 2 aromatic carbocycles. The van der Waals surface area contributed by atoms with E-state index in [9.17, 15) is 0 Å². The lowest BCUT2D eigenvalue weighted by Gasteiger charge is -2.36. The molecule has 1 aliphatic rings. The van der Waals surface area contributed by atoms with Gasteiger partial charge in [0.1, 0.15) is 5.75 Å². The summed E-state index contributed by atoms with van der Waals surface area (Å²) in [5.74, 6) is 2.21. The molecule has 1 unspecified atom stereocenters. The van der Waals surface area contributed by atoms with E-state index >= 15 is 0 Å². The van der Waals surface area contributed by atoms with Gasteiger partial charge in [-0.3, -0.25) is 4.90 Å². The highest BCUT2D eigenvalue weighted by Gasteiger charge is 2.28. The maximum atomic E-state index is 5.73. The van der Waals surface area contributed by atoms with Crippen LogP contribution in [0.3, 0.4) is 0 Å². The zero-order valence-corrected chi connectivity index (χ0v) is 16.0. The summed E-state index contributed by atoms with van der Waals surface area (Å²) in [6.45, 7) is 6.06. The fourth-order valence-electron chi connectivity index (χ4n) is 3.63. The zero-order chi connectivity index (χ0) is 18.5. The lowest BCUT2D eigenvalue weighted by Crippen LogP contribution is -2.45. The molecule has 1 fully saturated rings. The average molecular weight is 356 g/mol. The first-order valence-corrected chi connectivity index (χ1v) is 8.99. The largest absolute Gasteiger partial charge is 0.496 e. The molecule has 1 saturated heterocycles. The molecule has 3 rings (SSSR count). The molecular weight excluding hydrogens is 328 g/mol. The predicted molar refractivity (Wildman–Crippen MR) is 104 cm³/mol. The summed E-state index contributed by atoms with van der Waals surface area (Å²) in [6, 6.07) is 12.8. The Morgan fingerprint density at radius 3 is 2.15 bits per heavy atom. The lowest BCUT2D eigenvalue weighted by atomic mass is 9.94. The highest BCUT2D eigenvalue weighted by molar-refractivity contribution is 5.54. The van der Waals surface area contributed by atoms with Crippen LogP contribution in [-0.2, 0) is 0 Å². The number of piperazine rings is 1. The van der Waals surface area contributed by atoms with Crippen LogP contribution < -0.4 is 19.5 Å². The lowest BCUT2D eigenvalue weighted by molar-refractivity contribution is 0.195. The minimum absolute atomic E-state index is 0.103. The Bertz CT molecular complexity index is 742. The number of aryl methyl sites for hydroxylation is 1. The second kappa shape index (κ2) is 8.43. The van der Waals surface area contributed by atoms with Crippen LogP contribution in [0.2, 0.25) is 0 Å². The van der Waals surface area contributed by atoms with Crippen molar-refractivity contribution in [3.05, 3.63) is 53.1 Å². The van der Waals surface area contributed by atoms with Gasteiger partial charge in [-0.15, -0.1) is 0 Å². The van der Waals surface area contributed by atoms with E-state index in [0.29, 0.717) is 5.75 Å². The van der Waals surface area contributed by atoms with E-state index in [-0.39, 0.29) is 6.04 Å². The summed E-state index contributed by atoms with van der Waals surface area (Å²) in [7, 11) is 5.02. The molecule has 0 saturated carbocycles. The van der Waals surface area contributed by atoms with Gasteiger partial charge in [-0.05, 0) is 18.6 Å². The first-order valence-electron chi connectivity index (χ1n) is 8.99. The van der Waals surface area contributed by atoms with Crippen LogP contribution in [0, 0.1) is 6.92 Å². The van der Waals surface area contributed by atoms with Crippen LogP contribution in [0.4, 0.5) is 0 Å². The summed E-state index contributed by atoms with van der Waals surface area (Å²) >= 11 is 0. The van der Waals surface area contributed by atoms with Gasteiger partial charge in [-0.2, -0.15) is 0 Å². The molecule has 1 heterocycles. The van der Waals surface area contributed by atoms with E-state index in [4.69, 9.17) is 14.2 Å². The third-order valence-corrected chi connectivity index (χ3v) is 4.91. The fraction of sp³-hybridized carbons (Fsp3) is 0.429. The predicted octanol–water partition coefficient (Wildman–Crippen LogP) is 3.02. The van der Waals surface area contributed by atoms with Gasteiger partial charge in [-0.1, -0.05) is 29.8 Å². The molecule has 1 atom stereocenters. The maximum Gasteiger partial charge on any atom is 0.164 e. The molecule has 1 aliphatic heterocycles. The van der Waals surface area contributed by atoms with Gasteiger partial charge in [-0.25, -0.2) is 0 Å². The van der Waals surface area contributed by atoms with Gasteiger partial charge in [0.15, 0.2) is 11.5 Å². The minimum atomic E-state index is 0.103. The number of benzene rings is 2. The van der Waals surface area contributed by atoms with Gasteiger partial charge in [0.25, 0.3) is 0 Å². The molecule has 0 aliphatic carbocycles. The number of hydrogen-bond donors (Lipinski definition) is 1. The van der Waals surface area contributed by atoms with Gasteiger partial charge >= 0.3 is 0 Å². The van der Waals surface area contributed by atoms with Crippen molar-refractivity contribution in [2.24, 2.45) is 0 Å². The Balaban J connectivity index is 2.14. The summed E-state index contributed by atoms with van der Waals surface area (Å²) in [6.07, 6.45) is 0. The number of nitrogens with one attached hydrogen (secondary N) is 1. The van der Waals surface area contributed by atoms with Gasteiger partial charge in [0.2, 0.25) is 0 Å². The molecular formula is C21H28N2O3. The minimum Gasteiger partial charge on any atom is -0.496 e. The third-order valence-electron chi connectivity index (χ3n) is 4.91. The Kier molecular flexibility index (Phi) is 6.01. The molecule has 0 spiro atoms. The van der Waals surface area contributed by atoms with E-state index in [0.717, 1.165) is 43.2 Å². The van der Waals surface area contributed by atoms with Crippen molar-refractivity contribution in [2.75, 3.05) is 47.5 Å². The summed E-state index contributed by atoms with van der Waals surface area (Å²) in [5, 5.41) is 3.44. The second-order valence-corrected chi connectivity index (χ2v) is 6.55. The molecule has 0 bridgehead atoms. The van der Waals surface area contributed by atoms with E-state index in [1.54, 1.807) is 21.3 Å². The van der Waals surface area contributed by atoms with Crippen LogP contribution in [0.15, 0.2) is 36.4 Å². The molecule has 26 heavy (non-hydrogen) atoms. The molecule has 5 heteroatoms. The number of nitrogens with zero attached hydrogens (tertiary/aromatic N) is 1. The molecule has 0 aromatic heterocycles. The van der Waals surface area contributed by atoms with E-state index in [2.05, 4.69) is 41.4 Å². The van der Waals surface area contributed by atoms with Crippen molar-refractivity contribution in [3.63, 3.8) is 0 Å². The van der Waals surface area contributed by atoms with Crippen LogP contribution in [0.25, 0.3) is 0 Å². The summed E-state index contributed by atoms with van der Waals surface area (Å²) in [5.41, 5.74) is 3.61. The first-order chi connectivity index (χ1) is 12.7. The van der Waals surface area contributed by atoms with E-state index in [1.165, 1.54) is 11.1 Å². The maximum absolute atomic E-state index is 5.73. The smallest absolute Gasteiger partial charge is 0.164 e. The van der Waals surface area contributed by atoms with Crippen molar-refractivity contribution in [1.82, 2.24) is 10.2 Å². The normalized spacial score (nSPS) is 16.2. The van der Waals surface area contributed by atoms with Gasteiger partial charge in [0, 0.05) is 37.8 Å². The van der Waals surface area contributed by atoms with Crippen LogP contribution in [-0.4, -0.2) is 52.4 Å². The van der Waals surface area contributed by atoms with Gasteiger partial charge in [0.05, 0.1) is 27.4 Å². The van der Waals surface area contributed by atoms with Crippen molar-refractivity contribution < 1.29 is 14.2 Å². The van der Waals surface area contributed by atoms with Crippen molar-refractivity contribution in [2.45, 2.75) is 13.0 Å². The molecule has 1 N–H and O–H groups in total. The van der Waals surface area contributed by atoms with Crippen LogP contribution in [0.1, 0.15) is 22.7 Å². The summed E-state index contributed by atoms with van der Waals surface area (Å²) in [4.78, 5) is 2.50. The fourth-order valence-corrected chi connectivity index (χ4v) is 3.63. The quantitative estimate of drug-likeness (QED) is 0.862. The van der Waals surface area contributed by atoms with E-state index in [1.807, 2.05) is 12.1 Å². The number of rotatable bonds is 6. The van der Waals surface area contributed by atoms with Crippen molar-refractivity contribution in [1.29, 1.82) is 0 Å². The second-order valence-electron chi connectivity index (χ2n) is 6.55. The highest BCUT2D eigenvalue weighted by Crippen LogP contribution is 2.41. The molecule has 2 aromatic rings.